The standard InChI is InChI=1S/C13H19FN2O/c1-9(16-10(2)7-13(15)17)6-11-4-3-5-12(14)8-11/h3-5,8-10,16H,6-7H2,1-2H3,(H2,15,17). The van der Waals surface area contributed by atoms with E-state index in [4.69, 9.17) is 5.73 Å². The molecule has 2 unspecified atom stereocenters. The van der Waals surface area contributed by atoms with Gasteiger partial charge in [-0.1, -0.05) is 12.1 Å². The molecule has 1 amide bonds. The summed E-state index contributed by atoms with van der Waals surface area (Å²) >= 11 is 0. The maximum Gasteiger partial charge on any atom is 0.218 e. The van der Waals surface area contributed by atoms with Gasteiger partial charge >= 0.3 is 0 Å². The van der Waals surface area contributed by atoms with E-state index in [1.165, 1.54) is 12.1 Å². The third-order valence-corrected chi connectivity index (χ3v) is 2.51. The zero-order chi connectivity index (χ0) is 12.8. The number of hydrogen-bond acceptors (Lipinski definition) is 2. The van der Waals surface area contributed by atoms with Crippen LogP contribution in [-0.4, -0.2) is 18.0 Å². The number of hydrogen-bond donors (Lipinski definition) is 2. The number of benzene rings is 1. The van der Waals surface area contributed by atoms with Crippen molar-refractivity contribution >= 4 is 5.91 Å². The smallest absolute Gasteiger partial charge is 0.218 e. The molecular weight excluding hydrogens is 219 g/mol. The van der Waals surface area contributed by atoms with Crippen molar-refractivity contribution in [1.82, 2.24) is 5.32 Å². The minimum Gasteiger partial charge on any atom is -0.370 e. The number of primary amides is 1. The van der Waals surface area contributed by atoms with Gasteiger partial charge in [0.05, 0.1) is 0 Å². The lowest BCUT2D eigenvalue weighted by Gasteiger charge is -2.19. The van der Waals surface area contributed by atoms with E-state index in [1.807, 2.05) is 19.9 Å². The number of nitrogens with two attached hydrogens (primary N) is 1. The highest BCUT2D eigenvalue weighted by Crippen LogP contribution is 2.07. The SMILES string of the molecule is CC(CC(N)=O)NC(C)Cc1cccc(F)c1. The van der Waals surface area contributed by atoms with Crippen LogP contribution in [0.4, 0.5) is 4.39 Å². The van der Waals surface area contributed by atoms with Crippen molar-refractivity contribution < 1.29 is 9.18 Å². The second-order valence-electron chi connectivity index (χ2n) is 4.47. The van der Waals surface area contributed by atoms with Gasteiger partial charge < -0.3 is 11.1 Å². The molecule has 94 valence electrons. The summed E-state index contributed by atoms with van der Waals surface area (Å²) in [7, 11) is 0. The molecule has 1 aromatic carbocycles. The fraction of sp³-hybridized carbons (Fsp3) is 0.462. The first-order valence-electron chi connectivity index (χ1n) is 5.76. The highest BCUT2D eigenvalue weighted by atomic mass is 19.1. The van der Waals surface area contributed by atoms with Gasteiger partial charge in [-0.2, -0.15) is 0 Å². The molecule has 1 aromatic rings. The van der Waals surface area contributed by atoms with Crippen molar-refractivity contribution in [2.24, 2.45) is 5.73 Å². The highest BCUT2D eigenvalue weighted by molar-refractivity contribution is 5.74. The van der Waals surface area contributed by atoms with Gasteiger partial charge in [0.25, 0.3) is 0 Å². The number of amides is 1. The Hall–Kier alpha value is -1.42. The fourth-order valence-electron chi connectivity index (χ4n) is 1.92. The first-order valence-corrected chi connectivity index (χ1v) is 5.76. The van der Waals surface area contributed by atoms with Gasteiger partial charge in [-0.25, -0.2) is 4.39 Å². The Morgan fingerprint density at radius 2 is 2.12 bits per heavy atom. The van der Waals surface area contributed by atoms with Gasteiger partial charge in [0, 0.05) is 18.5 Å². The lowest BCUT2D eigenvalue weighted by molar-refractivity contribution is -0.118. The maximum atomic E-state index is 13.0. The molecule has 0 radical (unpaired) electrons. The Kier molecular flexibility index (Phi) is 5.10. The minimum absolute atomic E-state index is 0.0380. The normalized spacial score (nSPS) is 14.3. The molecule has 0 bridgehead atoms. The number of carbonyl (C=O) groups is 1. The monoisotopic (exact) mass is 238 g/mol. The van der Waals surface area contributed by atoms with Crippen LogP contribution in [0.5, 0.6) is 0 Å². The predicted octanol–water partition coefficient (Wildman–Crippen LogP) is 1.61. The minimum atomic E-state index is -0.317. The molecular formula is C13H19FN2O. The highest BCUT2D eigenvalue weighted by Gasteiger charge is 2.10. The first-order chi connectivity index (χ1) is 7.97. The van der Waals surface area contributed by atoms with E-state index in [1.54, 1.807) is 6.07 Å². The first kappa shape index (κ1) is 13.6. The predicted molar refractivity (Wildman–Crippen MR) is 66.0 cm³/mol. The topological polar surface area (TPSA) is 55.1 Å². The molecule has 3 nitrogen and oxygen atoms in total. The fourth-order valence-corrected chi connectivity index (χ4v) is 1.92. The zero-order valence-electron chi connectivity index (χ0n) is 10.2. The Morgan fingerprint density at radius 1 is 1.41 bits per heavy atom. The molecule has 0 saturated heterocycles. The molecule has 4 heteroatoms. The molecule has 2 atom stereocenters. The van der Waals surface area contributed by atoms with E-state index in [2.05, 4.69) is 5.32 Å². The molecule has 1 rings (SSSR count). The second kappa shape index (κ2) is 6.35. The van der Waals surface area contributed by atoms with Gasteiger partial charge in [-0.05, 0) is 38.0 Å². The van der Waals surface area contributed by atoms with Crippen LogP contribution in [0.2, 0.25) is 0 Å². The Balaban J connectivity index is 2.44. The van der Waals surface area contributed by atoms with Crippen molar-refractivity contribution in [2.45, 2.75) is 38.8 Å². The van der Waals surface area contributed by atoms with E-state index < -0.39 is 0 Å². The van der Waals surface area contributed by atoms with E-state index in [0.29, 0.717) is 6.42 Å². The number of carbonyl (C=O) groups excluding carboxylic acids is 1. The zero-order valence-corrected chi connectivity index (χ0v) is 10.2. The third-order valence-electron chi connectivity index (χ3n) is 2.51. The lowest BCUT2D eigenvalue weighted by atomic mass is 10.1. The van der Waals surface area contributed by atoms with E-state index in [9.17, 15) is 9.18 Å². The number of halogens is 1. The average molecular weight is 238 g/mol. The van der Waals surface area contributed by atoms with Crippen LogP contribution < -0.4 is 11.1 Å². The Bertz CT molecular complexity index is 381. The quantitative estimate of drug-likeness (QED) is 0.791. The number of rotatable bonds is 6. The van der Waals surface area contributed by atoms with E-state index in [0.717, 1.165) is 12.0 Å². The summed E-state index contributed by atoms with van der Waals surface area (Å²) in [5.41, 5.74) is 6.05. The molecule has 17 heavy (non-hydrogen) atoms. The lowest BCUT2D eigenvalue weighted by Crippen LogP contribution is -2.38. The van der Waals surface area contributed by atoms with Gasteiger partial charge in [0.2, 0.25) is 5.91 Å². The summed E-state index contributed by atoms with van der Waals surface area (Å²) in [4.78, 5) is 10.7. The van der Waals surface area contributed by atoms with Crippen molar-refractivity contribution in [3.8, 4) is 0 Å². The van der Waals surface area contributed by atoms with Gasteiger partial charge in [-0.15, -0.1) is 0 Å². The van der Waals surface area contributed by atoms with Crippen LogP contribution >= 0.6 is 0 Å². The molecule has 3 N–H and O–H groups in total. The van der Waals surface area contributed by atoms with E-state index >= 15 is 0 Å². The molecule has 0 spiro atoms. The van der Waals surface area contributed by atoms with Crippen LogP contribution in [0, 0.1) is 5.82 Å². The average Bonchev–Trinajstić information content (AvgIpc) is 2.14. The molecule has 0 heterocycles. The Labute approximate surface area is 101 Å². The largest absolute Gasteiger partial charge is 0.370 e. The summed E-state index contributed by atoms with van der Waals surface area (Å²) in [6, 6.07) is 6.75. The molecule has 0 fully saturated rings. The van der Waals surface area contributed by atoms with Gasteiger partial charge in [0.15, 0.2) is 0 Å². The van der Waals surface area contributed by atoms with Crippen molar-refractivity contribution in [3.63, 3.8) is 0 Å². The van der Waals surface area contributed by atoms with E-state index in [-0.39, 0.29) is 23.8 Å². The molecule has 0 aliphatic heterocycles. The third kappa shape index (κ3) is 5.45. The second-order valence-corrected chi connectivity index (χ2v) is 4.47. The van der Waals surface area contributed by atoms with Crippen LogP contribution in [0.3, 0.4) is 0 Å². The summed E-state index contributed by atoms with van der Waals surface area (Å²) in [6.45, 7) is 3.91. The molecule has 0 saturated carbocycles. The summed E-state index contributed by atoms with van der Waals surface area (Å²) in [6.07, 6.45) is 1.04. The molecule has 0 aliphatic rings. The van der Waals surface area contributed by atoms with Gasteiger partial charge in [0.1, 0.15) is 5.82 Å². The van der Waals surface area contributed by atoms with Crippen LogP contribution in [0.25, 0.3) is 0 Å². The maximum absolute atomic E-state index is 13.0. The van der Waals surface area contributed by atoms with Crippen LogP contribution in [0.1, 0.15) is 25.8 Å². The summed E-state index contributed by atoms with van der Waals surface area (Å²) in [5, 5.41) is 3.26. The van der Waals surface area contributed by atoms with Crippen LogP contribution in [-0.2, 0) is 11.2 Å². The Morgan fingerprint density at radius 3 is 2.71 bits per heavy atom. The molecule has 0 aliphatic carbocycles. The molecule has 0 aromatic heterocycles. The number of nitrogens with one attached hydrogen (secondary N) is 1. The van der Waals surface area contributed by atoms with Crippen molar-refractivity contribution in [1.29, 1.82) is 0 Å². The van der Waals surface area contributed by atoms with Gasteiger partial charge in [-0.3, -0.25) is 4.79 Å². The summed E-state index contributed by atoms with van der Waals surface area (Å²) < 4.78 is 13.0. The van der Waals surface area contributed by atoms with Crippen molar-refractivity contribution in [2.75, 3.05) is 0 Å². The summed E-state index contributed by atoms with van der Waals surface area (Å²) in [5.74, 6) is -0.539. The van der Waals surface area contributed by atoms with Crippen molar-refractivity contribution in [3.05, 3.63) is 35.6 Å². The van der Waals surface area contributed by atoms with Crippen LogP contribution in [0.15, 0.2) is 24.3 Å².